The molecule has 88 valence electrons. The van der Waals surface area contributed by atoms with Gasteiger partial charge in [0.1, 0.15) is 0 Å². The van der Waals surface area contributed by atoms with Crippen molar-refractivity contribution in [3.05, 3.63) is 28.8 Å². The summed E-state index contributed by atoms with van der Waals surface area (Å²) in [5.41, 5.74) is 3.16. The molecule has 1 aromatic carbocycles. The minimum Gasteiger partial charge on any atom is -0.225 e. The highest BCUT2D eigenvalue weighted by Crippen LogP contribution is 2.31. The Morgan fingerprint density at radius 3 is 2.50 bits per heavy atom. The minimum atomic E-state index is -3.58. The maximum atomic E-state index is 11.5. The number of hydrogen-bond acceptors (Lipinski definition) is 2. The Bertz CT molecular complexity index is 518. The zero-order valence-electron chi connectivity index (χ0n) is 9.66. The lowest BCUT2D eigenvalue weighted by Crippen LogP contribution is -2.15. The van der Waals surface area contributed by atoms with E-state index >= 15 is 0 Å². The van der Waals surface area contributed by atoms with Crippen LogP contribution in [0.25, 0.3) is 0 Å². The van der Waals surface area contributed by atoms with Crippen molar-refractivity contribution in [2.24, 2.45) is 5.14 Å². The Hall–Kier alpha value is -0.870. The second kappa shape index (κ2) is 3.86. The summed E-state index contributed by atoms with van der Waals surface area (Å²) in [5, 5.41) is 5.27. The third-order valence-electron chi connectivity index (χ3n) is 3.17. The van der Waals surface area contributed by atoms with Gasteiger partial charge in [-0.05, 0) is 47.9 Å². The van der Waals surface area contributed by atoms with E-state index in [1.165, 1.54) is 0 Å². The van der Waals surface area contributed by atoms with Gasteiger partial charge in [0.15, 0.2) is 0 Å². The second-order valence-electron chi connectivity index (χ2n) is 4.71. The molecule has 1 aliphatic rings. The normalized spacial score (nSPS) is 15.5. The quantitative estimate of drug-likeness (QED) is 0.857. The van der Waals surface area contributed by atoms with E-state index in [1.54, 1.807) is 6.07 Å². The molecule has 1 aliphatic carbocycles. The molecule has 0 aliphatic heterocycles. The fraction of sp³-hybridized carbons (Fsp3) is 0.500. The van der Waals surface area contributed by atoms with Crippen molar-refractivity contribution in [3.8, 4) is 0 Å². The zero-order chi connectivity index (χ0) is 11.9. The van der Waals surface area contributed by atoms with Crippen LogP contribution in [0.1, 0.15) is 42.9 Å². The molecule has 3 nitrogen and oxygen atoms in total. The summed E-state index contributed by atoms with van der Waals surface area (Å²) >= 11 is 0. The average molecular weight is 239 g/mol. The first kappa shape index (κ1) is 11.6. The van der Waals surface area contributed by atoms with Crippen molar-refractivity contribution in [2.45, 2.75) is 43.9 Å². The standard InChI is InChI=1S/C12H17NO2S/c1-8(2)10-6-9-4-3-5-11(9)12(7-10)16(13,14)15/h6-8H,3-5H2,1-2H3,(H2,13,14,15). The van der Waals surface area contributed by atoms with Crippen LogP contribution in [0.3, 0.4) is 0 Å². The molecular formula is C12H17NO2S. The fourth-order valence-corrected chi connectivity index (χ4v) is 3.15. The van der Waals surface area contributed by atoms with Gasteiger partial charge in [-0.15, -0.1) is 0 Å². The van der Waals surface area contributed by atoms with Crippen LogP contribution < -0.4 is 5.14 Å². The van der Waals surface area contributed by atoms with Gasteiger partial charge >= 0.3 is 0 Å². The van der Waals surface area contributed by atoms with Gasteiger partial charge in [0.05, 0.1) is 4.90 Å². The summed E-state index contributed by atoms with van der Waals surface area (Å²) in [6.45, 7) is 4.12. The summed E-state index contributed by atoms with van der Waals surface area (Å²) < 4.78 is 23.1. The van der Waals surface area contributed by atoms with E-state index in [2.05, 4.69) is 19.9 Å². The van der Waals surface area contributed by atoms with Gasteiger partial charge in [0, 0.05) is 0 Å². The van der Waals surface area contributed by atoms with Gasteiger partial charge in [-0.1, -0.05) is 19.9 Å². The highest BCUT2D eigenvalue weighted by atomic mass is 32.2. The van der Waals surface area contributed by atoms with Crippen LogP contribution >= 0.6 is 0 Å². The highest BCUT2D eigenvalue weighted by molar-refractivity contribution is 7.89. The Balaban J connectivity index is 2.68. The molecule has 0 heterocycles. The van der Waals surface area contributed by atoms with Crippen LogP contribution in [0, 0.1) is 0 Å². The summed E-state index contributed by atoms with van der Waals surface area (Å²) in [7, 11) is -3.58. The smallest absolute Gasteiger partial charge is 0.225 e. The first-order valence-corrected chi connectivity index (χ1v) is 7.12. The molecule has 0 aromatic heterocycles. The molecule has 16 heavy (non-hydrogen) atoms. The predicted molar refractivity (Wildman–Crippen MR) is 63.9 cm³/mol. The zero-order valence-corrected chi connectivity index (χ0v) is 10.5. The number of rotatable bonds is 2. The van der Waals surface area contributed by atoms with Crippen molar-refractivity contribution in [2.75, 3.05) is 0 Å². The third-order valence-corrected chi connectivity index (χ3v) is 4.15. The predicted octanol–water partition coefficient (Wildman–Crippen LogP) is 1.95. The fourth-order valence-electron chi connectivity index (χ4n) is 2.28. The summed E-state index contributed by atoms with van der Waals surface area (Å²) in [4.78, 5) is 0.339. The minimum absolute atomic E-state index is 0.325. The van der Waals surface area contributed by atoms with E-state index in [-0.39, 0.29) is 0 Å². The van der Waals surface area contributed by atoms with E-state index in [0.29, 0.717) is 10.8 Å². The number of nitrogens with two attached hydrogens (primary N) is 1. The molecule has 0 amide bonds. The summed E-state index contributed by atoms with van der Waals surface area (Å²) in [5.74, 6) is 0.325. The van der Waals surface area contributed by atoms with Crippen LogP contribution in [0.5, 0.6) is 0 Å². The van der Waals surface area contributed by atoms with Crippen LogP contribution in [-0.2, 0) is 22.9 Å². The SMILES string of the molecule is CC(C)c1cc2c(c(S(N)(=O)=O)c1)CCC2. The van der Waals surface area contributed by atoms with E-state index in [9.17, 15) is 8.42 Å². The molecule has 0 spiro atoms. The topological polar surface area (TPSA) is 60.2 Å². The van der Waals surface area contributed by atoms with Crippen LogP contribution in [0.15, 0.2) is 17.0 Å². The van der Waals surface area contributed by atoms with Crippen molar-refractivity contribution < 1.29 is 8.42 Å². The molecule has 2 N–H and O–H groups in total. The number of hydrogen-bond donors (Lipinski definition) is 1. The second-order valence-corrected chi connectivity index (χ2v) is 6.24. The van der Waals surface area contributed by atoms with E-state index in [1.807, 2.05) is 0 Å². The molecule has 0 radical (unpaired) electrons. The van der Waals surface area contributed by atoms with Gasteiger partial charge < -0.3 is 0 Å². The maximum absolute atomic E-state index is 11.5. The lowest BCUT2D eigenvalue weighted by Gasteiger charge is -2.12. The molecule has 0 bridgehead atoms. The van der Waals surface area contributed by atoms with Crippen molar-refractivity contribution in [1.82, 2.24) is 0 Å². The van der Waals surface area contributed by atoms with E-state index in [0.717, 1.165) is 36.0 Å². The highest BCUT2D eigenvalue weighted by Gasteiger charge is 2.22. The molecule has 0 atom stereocenters. The monoisotopic (exact) mass is 239 g/mol. The molecule has 0 saturated heterocycles. The summed E-state index contributed by atoms with van der Waals surface area (Å²) in [6, 6.07) is 3.87. The number of sulfonamides is 1. The number of primary sulfonamides is 1. The molecule has 2 rings (SSSR count). The van der Waals surface area contributed by atoms with Crippen molar-refractivity contribution >= 4 is 10.0 Å². The van der Waals surface area contributed by atoms with E-state index < -0.39 is 10.0 Å². The first-order chi connectivity index (χ1) is 7.39. The Morgan fingerprint density at radius 2 is 1.94 bits per heavy atom. The number of benzene rings is 1. The number of aryl methyl sites for hydroxylation is 1. The van der Waals surface area contributed by atoms with Gasteiger partial charge in [-0.3, -0.25) is 0 Å². The van der Waals surface area contributed by atoms with Crippen LogP contribution in [0.2, 0.25) is 0 Å². The molecule has 1 aromatic rings. The molecule has 0 unspecified atom stereocenters. The molecule has 0 fully saturated rings. The van der Waals surface area contributed by atoms with Crippen molar-refractivity contribution in [1.29, 1.82) is 0 Å². The van der Waals surface area contributed by atoms with Crippen molar-refractivity contribution in [3.63, 3.8) is 0 Å². The van der Waals surface area contributed by atoms with Crippen LogP contribution in [-0.4, -0.2) is 8.42 Å². The largest absolute Gasteiger partial charge is 0.238 e. The molecule has 0 saturated carbocycles. The van der Waals surface area contributed by atoms with Gasteiger partial charge in [-0.25, -0.2) is 13.6 Å². The average Bonchev–Trinajstić information content (AvgIpc) is 2.61. The van der Waals surface area contributed by atoms with Gasteiger partial charge in [-0.2, -0.15) is 0 Å². The van der Waals surface area contributed by atoms with Gasteiger partial charge in [0.2, 0.25) is 10.0 Å². The third kappa shape index (κ3) is 1.99. The summed E-state index contributed by atoms with van der Waals surface area (Å²) in [6.07, 6.45) is 2.83. The molecular weight excluding hydrogens is 222 g/mol. The lowest BCUT2D eigenvalue weighted by molar-refractivity contribution is 0.596. The maximum Gasteiger partial charge on any atom is 0.238 e. The molecule has 4 heteroatoms. The van der Waals surface area contributed by atoms with Gasteiger partial charge in [0.25, 0.3) is 0 Å². The lowest BCUT2D eigenvalue weighted by atomic mass is 9.98. The Labute approximate surface area is 96.7 Å². The van der Waals surface area contributed by atoms with Crippen LogP contribution in [0.4, 0.5) is 0 Å². The Morgan fingerprint density at radius 1 is 1.25 bits per heavy atom. The van der Waals surface area contributed by atoms with E-state index in [4.69, 9.17) is 5.14 Å². The first-order valence-electron chi connectivity index (χ1n) is 5.58. The number of fused-ring (bicyclic) bond motifs is 1. The Kier molecular flexibility index (Phi) is 2.80.